The standard InChI is InChI=1S/C13H17BrClNO/c1-2-3-9-16(10-8-15)13(17)11-6-4-5-7-12(11)14/h4-7H,2-3,8-10H2,1H3. The number of halogens is 2. The molecule has 0 bridgehead atoms. The Balaban J connectivity index is 2.80. The largest absolute Gasteiger partial charge is 0.337 e. The number of rotatable bonds is 6. The average molecular weight is 319 g/mol. The highest BCUT2D eigenvalue weighted by atomic mass is 79.9. The summed E-state index contributed by atoms with van der Waals surface area (Å²) >= 11 is 9.14. The molecular formula is C13H17BrClNO. The second-order valence-electron chi connectivity index (χ2n) is 3.81. The molecule has 0 aliphatic rings. The second-order valence-corrected chi connectivity index (χ2v) is 5.05. The summed E-state index contributed by atoms with van der Waals surface area (Å²) in [5, 5.41) is 0. The number of carbonyl (C=O) groups is 1. The number of nitrogens with zero attached hydrogens (tertiary/aromatic N) is 1. The molecule has 0 spiro atoms. The number of amides is 1. The highest BCUT2D eigenvalue weighted by Crippen LogP contribution is 2.18. The Kier molecular flexibility index (Phi) is 6.60. The Morgan fingerprint density at radius 2 is 2.06 bits per heavy atom. The third-order valence-electron chi connectivity index (χ3n) is 2.53. The van der Waals surface area contributed by atoms with Gasteiger partial charge in [-0.25, -0.2) is 0 Å². The third-order valence-corrected chi connectivity index (χ3v) is 3.39. The number of hydrogen-bond donors (Lipinski definition) is 0. The van der Waals surface area contributed by atoms with E-state index in [0.29, 0.717) is 18.0 Å². The molecular weight excluding hydrogens is 302 g/mol. The summed E-state index contributed by atoms with van der Waals surface area (Å²) in [6.07, 6.45) is 2.08. The van der Waals surface area contributed by atoms with Crippen LogP contribution >= 0.6 is 27.5 Å². The number of carbonyl (C=O) groups excluding carboxylic acids is 1. The van der Waals surface area contributed by atoms with Crippen molar-refractivity contribution in [2.75, 3.05) is 19.0 Å². The van der Waals surface area contributed by atoms with Gasteiger partial charge in [0.25, 0.3) is 5.91 Å². The van der Waals surface area contributed by atoms with E-state index in [1.165, 1.54) is 0 Å². The lowest BCUT2D eigenvalue weighted by Crippen LogP contribution is -2.33. The van der Waals surface area contributed by atoms with Crippen LogP contribution < -0.4 is 0 Å². The lowest BCUT2D eigenvalue weighted by atomic mass is 10.2. The van der Waals surface area contributed by atoms with Crippen LogP contribution in [0.5, 0.6) is 0 Å². The maximum atomic E-state index is 12.3. The van der Waals surface area contributed by atoms with Crippen molar-refractivity contribution in [2.45, 2.75) is 19.8 Å². The van der Waals surface area contributed by atoms with E-state index >= 15 is 0 Å². The molecule has 0 fully saturated rings. The molecule has 1 amide bonds. The summed E-state index contributed by atoms with van der Waals surface area (Å²) in [6.45, 7) is 3.48. The molecule has 0 aliphatic carbocycles. The minimum atomic E-state index is 0.0478. The first kappa shape index (κ1) is 14.5. The van der Waals surface area contributed by atoms with E-state index in [0.717, 1.165) is 23.9 Å². The molecule has 0 aromatic heterocycles. The first-order chi connectivity index (χ1) is 8.20. The van der Waals surface area contributed by atoms with Gasteiger partial charge in [0.15, 0.2) is 0 Å². The minimum Gasteiger partial charge on any atom is -0.337 e. The highest BCUT2D eigenvalue weighted by Gasteiger charge is 2.16. The molecule has 1 aromatic carbocycles. The quantitative estimate of drug-likeness (QED) is 0.728. The maximum absolute atomic E-state index is 12.3. The van der Waals surface area contributed by atoms with Gasteiger partial charge >= 0.3 is 0 Å². The Morgan fingerprint density at radius 1 is 1.35 bits per heavy atom. The summed E-state index contributed by atoms with van der Waals surface area (Å²) in [5.41, 5.74) is 0.703. The predicted molar refractivity (Wildman–Crippen MR) is 75.7 cm³/mol. The molecule has 0 unspecified atom stereocenters. The Bertz CT molecular complexity index is 370. The van der Waals surface area contributed by atoms with Crippen molar-refractivity contribution in [1.82, 2.24) is 4.90 Å². The van der Waals surface area contributed by atoms with Crippen molar-refractivity contribution in [1.29, 1.82) is 0 Å². The van der Waals surface area contributed by atoms with Gasteiger partial charge in [-0.3, -0.25) is 4.79 Å². The topological polar surface area (TPSA) is 20.3 Å². The number of alkyl halides is 1. The smallest absolute Gasteiger partial charge is 0.255 e. The maximum Gasteiger partial charge on any atom is 0.255 e. The third kappa shape index (κ3) is 4.32. The summed E-state index contributed by atoms with van der Waals surface area (Å²) in [4.78, 5) is 14.1. The summed E-state index contributed by atoms with van der Waals surface area (Å²) < 4.78 is 0.834. The van der Waals surface area contributed by atoms with E-state index in [1.807, 2.05) is 29.2 Å². The monoisotopic (exact) mass is 317 g/mol. The van der Waals surface area contributed by atoms with Crippen LogP contribution in [0.3, 0.4) is 0 Å². The Hall–Kier alpha value is -0.540. The van der Waals surface area contributed by atoms with Crippen molar-refractivity contribution in [3.8, 4) is 0 Å². The summed E-state index contributed by atoms with van der Waals surface area (Å²) in [7, 11) is 0. The summed E-state index contributed by atoms with van der Waals surface area (Å²) in [6, 6.07) is 7.49. The number of hydrogen-bond acceptors (Lipinski definition) is 1. The molecule has 0 N–H and O–H groups in total. The van der Waals surface area contributed by atoms with E-state index in [2.05, 4.69) is 22.9 Å². The van der Waals surface area contributed by atoms with Crippen LogP contribution in [0.25, 0.3) is 0 Å². The molecule has 2 nitrogen and oxygen atoms in total. The Labute approximate surface area is 116 Å². The highest BCUT2D eigenvalue weighted by molar-refractivity contribution is 9.10. The number of benzene rings is 1. The van der Waals surface area contributed by atoms with Crippen molar-refractivity contribution in [2.24, 2.45) is 0 Å². The molecule has 1 rings (SSSR count). The molecule has 17 heavy (non-hydrogen) atoms. The molecule has 0 saturated carbocycles. The molecule has 0 heterocycles. The fraction of sp³-hybridized carbons (Fsp3) is 0.462. The van der Waals surface area contributed by atoms with Gasteiger partial charge in [0.1, 0.15) is 0 Å². The first-order valence-electron chi connectivity index (χ1n) is 5.80. The normalized spacial score (nSPS) is 10.3. The second kappa shape index (κ2) is 7.72. The van der Waals surface area contributed by atoms with Crippen molar-refractivity contribution in [3.63, 3.8) is 0 Å². The van der Waals surface area contributed by atoms with Crippen molar-refractivity contribution >= 4 is 33.4 Å². The fourth-order valence-electron chi connectivity index (χ4n) is 1.57. The van der Waals surface area contributed by atoms with Crippen LogP contribution in [0.2, 0.25) is 0 Å². The first-order valence-corrected chi connectivity index (χ1v) is 7.13. The van der Waals surface area contributed by atoms with E-state index in [-0.39, 0.29) is 5.91 Å². The van der Waals surface area contributed by atoms with Gasteiger partial charge in [-0.2, -0.15) is 0 Å². The van der Waals surface area contributed by atoms with E-state index in [1.54, 1.807) is 0 Å². The molecule has 0 saturated heterocycles. The molecule has 94 valence electrons. The Morgan fingerprint density at radius 3 is 2.65 bits per heavy atom. The zero-order valence-electron chi connectivity index (χ0n) is 9.96. The molecule has 0 radical (unpaired) electrons. The van der Waals surface area contributed by atoms with Gasteiger partial charge in [0.05, 0.1) is 5.56 Å². The molecule has 0 aliphatic heterocycles. The van der Waals surface area contributed by atoms with Crippen LogP contribution in [0.4, 0.5) is 0 Å². The SMILES string of the molecule is CCCCN(CCCl)C(=O)c1ccccc1Br. The van der Waals surface area contributed by atoms with Gasteiger partial charge in [0.2, 0.25) is 0 Å². The fourth-order valence-corrected chi connectivity index (χ4v) is 2.23. The van der Waals surface area contributed by atoms with Gasteiger partial charge in [-0.05, 0) is 34.5 Å². The van der Waals surface area contributed by atoms with E-state index in [4.69, 9.17) is 11.6 Å². The molecule has 0 atom stereocenters. The predicted octanol–water partition coefficient (Wildman–Crippen LogP) is 3.93. The zero-order chi connectivity index (χ0) is 12.7. The van der Waals surface area contributed by atoms with Crippen LogP contribution in [0, 0.1) is 0 Å². The van der Waals surface area contributed by atoms with Crippen molar-refractivity contribution < 1.29 is 4.79 Å². The molecule has 1 aromatic rings. The van der Waals surface area contributed by atoms with E-state index in [9.17, 15) is 4.79 Å². The van der Waals surface area contributed by atoms with Crippen LogP contribution in [-0.2, 0) is 0 Å². The molecule has 4 heteroatoms. The van der Waals surface area contributed by atoms with Crippen LogP contribution in [0.1, 0.15) is 30.1 Å². The van der Waals surface area contributed by atoms with Crippen LogP contribution in [0.15, 0.2) is 28.7 Å². The lowest BCUT2D eigenvalue weighted by Gasteiger charge is -2.22. The van der Waals surface area contributed by atoms with Gasteiger partial charge < -0.3 is 4.90 Å². The van der Waals surface area contributed by atoms with Gasteiger partial charge in [-0.15, -0.1) is 11.6 Å². The lowest BCUT2D eigenvalue weighted by molar-refractivity contribution is 0.0762. The van der Waals surface area contributed by atoms with Gasteiger partial charge in [0, 0.05) is 23.4 Å². The zero-order valence-corrected chi connectivity index (χ0v) is 12.3. The summed E-state index contributed by atoms with van der Waals surface area (Å²) in [5.74, 6) is 0.520. The van der Waals surface area contributed by atoms with E-state index < -0.39 is 0 Å². The average Bonchev–Trinajstić information content (AvgIpc) is 2.34. The van der Waals surface area contributed by atoms with Crippen molar-refractivity contribution in [3.05, 3.63) is 34.3 Å². The van der Waals surface area contributed by atoms with Gasteiger partial charge in [-0.1, -0.05) is 25.5 Å². The van der Waals surface area contributed by atoms with Crippen LogP contribution in [-0.4, -0.2) is 29.8 Å². The minimum absolute atomic E-state index is 0.0478. The number of unbranched alkanes of at least 4 members (excludes halogenated alkanes) is 1.